The van der Waals surface area contributed by atoms with E-state index in [0.29, 0.717) is 18.4 Å². The molecule has 0 aliphatic heterocycles. The number of hydrogen-bond acceptors (Lipinski definition) is 4. The fraction of sp³-hybridized carbons (Fsp3) is 0.176. The van der Waals surface area contributed by atoms with Crippen LogP contribution in [0.1, 0.15) is 16.8 Å². The number of guanidine groups is 1. The van der Waals surface area contributed by atoms with E-state index >= 15 is 0 Å². The molecule has 126 valence electrons. The number of halogens is 1. The van der Waals surface area contributed by atoms with Crippen LogP contribution >= 0.6 is 35.3 Å². The van der Waals surface area contributed by atoms with E-state index in [1.54, 1.807) is 17.6 Å². The highest BCUT2D eigenvalue weighted by atomic mass is 127. The first-order valence-corrected chi connectivity index (χ1v) is 8.12. The Bertz CT molecular complexity index is 827. The smallest absolute Gasteiger partial charge is 0.236 e. The number of anilines is 1. The summed E-state index contributed by atoms with van der Waals surface area (Å²) >= 11 is 1.59. The summed E-state index contributed by atoms with van der Waals surface area (Å²) in [4.78, 5) is 9.71. The molecule has 2 heterocycles. The van der Waals surface area contributed by atoms with Crippen molar-refractivity contribution in [3.63, 3.8) is 0 Å². The molecular formula is C17H19IN4OS. The number of aliphatic imine (C=N–C) groups is 1. The van der Waals surface area contributed by atoms with Crippen molar-refractivity contribution < 1.29 is 4.42 Å². The minimum atomic E-state index is 0. The molecular weight excluding hydrogens is 435 g/mol. The van der Waals surface area contributed by atoms with E-state index in [0.717, 1.165) is 16.3 Å². The molecule has 0 bridgehead atoms. The number of aryl methyl sites for hydroxylation is 2. The zero-order valence-electron chi connectivity index (χ0n) is 13.4. The maximum absolute atomic E-state index is 5.93. The monoisotopic (exact) mass is 454 g/mol. The molecule has 7 heteroatoms. The molecule has 3 rings (SSSR count). The average molecular weight is 454 g/mol. The van der Waals surface area contributed by atoms with Crippen molar-refractivity contribution in [2.75, 3.05) is 5.32 Å². The Morgan fingerprint density at radius 1 is 1.29 bits per heavy atom. The first kappa shape index (κ1) is 18.5. The van der Waals surface area contributed by atoms with Gasteiger partial charge in [0.2, 0.25) is 5.89 Å². The summed E-state index contributed by atoms with van der Waals surface area (Å²) in [5, 5.41) is 5.07. The lowest BCUT2D eigenvalue weighted by molar-refractivity contribution is 0.574. The molecule has 0 fully saturated rings. The first-order valence-electron chi connectivity index (χ1n) is 7.24. The van der Waals surface area contributed by atoms with Crippen LogP contribution in [0.15, 0.2) is 51.4 Å². The number of benzene rings is 1. The number of nitrogens with one attached hydrogen (secondary N) is 1. The molecule has 3 N–H and O–H groups in total. The summed E-state index contributed by atoms with van der Waals surface area (Å²) in [6.45, 7) is 4.51. The van der Waals surface area contributed by atoms with E-state index in [2.05, 4.69) is 35.2 Å². The highest BCUT2D eigenvalue weighted by molar-refractivity contribution is 14.0. The predicted octanol–water partition coefficient (Wildman–Crippen LogP) is 4.56. The quantitative estimate of drug-likeness (QED) is 0.344. The summed E-state index contributed by atoms with van der Waals surface area (Å²) in [5.41, 5.74) is 10.1. The molecule has 2 aromatic heterocycles. The third-order valence-electron chi connectivity index (χ3n) is 3.47. The number of nitrogens with zero attached hydrogens (tertiary/aromatic N) is 2. The molecule has 0 radical (unpaired) electrons. The van der Waals surface area contributed by atoms with Crippen LogP contribution in [0.5, 0.6) is 0 Å². The molecule has 0 aliphatic rings. The molecule has 5 nitrogen and oxygen atoms in total. The highest BCUT2D eigenvalue weighted by Crippen LogP contribution is 2.23. The summed E-state index contributed by atoms with van der Waals surface area (Å²) in [7, 11) is 0. The van der Waals surface area contributed by atoms with Crippen LogP contribution in [0.2, 0.25) is 0 Å². The molecule has 0 unspecified atom stereocenters. The van der Waals surface area contributed by atoms with Crippen LogP contribution in [0.4, 0.5) is 5.69 Å². The summed E-state index contributed by atoms with van der Waals surface area (Å²) in [5.74, 6) is 0.972. The molecule has 0 spiro atoms. The van der Waals surface area contributed by atoms with Crippen molar-refractivity contribution in [3.05, 3.63) is 58.8 Å². The van der Waals surface area contributed by atoms with Gasteiger partial charge in [-0.25, -0.2) is 9.98 Å². The third kappa shape index (κ3) is 4.57. The van der Waals surface area contributed by atoms with Crippen LogP contribution < -0.4 is 11.1 Å². The minimum Gasteiger partial charge on any atom is -0.443 e. The predicted molar refractivity (Wildman–Crippen MR) is 110 cm³/mol. The average Bonchev–Trinajstić information content (AvgIpc) is 3.19. The topological polar surface area (TPSA) is 76.4 Å². The van der Waals surface area contributed by atoms with Gasteiger partial charge in [0, 0.05) is 5.69 Å². The van der Waals surface area contributed by atoms with Gasteiger partial charge in [-0.15, -0.1) is 35.3 Å². The van der Waals surface area contributed by atoms with Crippen LogP contribution in [0.25, 0.3) is 10.8 Å². The van der Waals surface area contributed by atoms with Gasteiger partial charge in [0.15, 0.2) is 5.96 Å². The first-order chi connectivity index (χ1) is 11.1. The Labute approximate surface area is 162 Å². The Morgan fingerprint density at radius 2 is 2.12 bits per heavy atom. The molecule has 0 amide bonds. The lowest BCUT2D eigenvalue weighted by atomic mass is 10.1. The standard InChI is InChI=1S/C17H18N4OS.HI/c1-11-5-6-13(8-12(11)2)21-17(18)19-9-14-10-22-16(20-14)15-4-3-7-23-15;/h3-8,10H,9H2,1-2H3,(H3,18,19,21);1H. The van der Waals surface area contributed by atoms with Crippen molar-refractivity contribution in [2.45, 2.75) is 20.4 Å². The van der Waals surface area contributed by atoms with Crippen molar-refractivity contribution in [3.8, 4) is 10.8 Å². The Morgan fingerprint density at radius 3 is 2.83 bits per heavy atom. The summed E-state index contributed by atoms with van der Waals surface area (Å²) < 4.78 is 5.46. The fourth-order valence-electron chi connectivity index (χ4n) is 2.07. The Hall–Kier alpha value is -1.87. The van der Waals surface area contributed by atoms with Crippen molar-refractivity contribution in [2.24, 2.45) is 10.7 Å². The Kier molecular flexibility index (Phi) is 6.38. The van der Waals surface area contributed by atoms with Crippen LogP contribution in [-0.4, -0.2) is 10.9 Å². The van der Waals surface area contributed by atoms with Crippen LogP contribution in [-0.2, 0) is 6.54 Å². The minimum absolute atomic E-state index is 0. The van der Waals surface area contributed by atoms with E-state index in [4.69, 9.17) is 10.2 Å². The van der Waals surface area contributed by atoms with Crippen molar-refractivity contribution >= 4 is 47.0 Å². The van der Waals surface area contributed by atoms with Gasteiger partial charge < -0.3 is 15.5 Å². The second kappa shape index (κ2) is 8.29. The van der Waals surface area contributed by atoms with Gasteiger partial charge >= 0.3 is 0 Å². The molecule has 0 saturated carbocycles. The SMILES string of the molecule is Cc1ccc(NC(N)=NCc2coc(-c3cccs3)n2)cc1C.I. The summed E-state index contributed by atoms with van der Waals surface area (Å²) in [6, 6.07) is 10.0. The van der Waals surface area contributed by atoms with E-state index in [1.807, 2.05) is 29.6 Å². The van der Waals surface area contributed by atoms with E-state index in [-0.39, 0.29) is 24.0 Å². The maximum Gasteiger partial charge on any atom is 0.236 e. The molecule has 24 heavy (non-hydrogen) atoms. The lowest BCUT2D eigenvalue weighted by Crippen LogP contribution is -2.22. The molecule has 1 aromatic carbocycles. The molecule has 3 aromatic rings. The number of nitrogens with two attached hydrogens (primary N) is 1. The van der Waals surface area contributed by atoms with Gasteiger partial charge in [-0.3, -0.25) is 0 Å². The van der Waals surface area contributed by atoms with E-state index in [1.165, 1.54) is 11.1 Å². The molecule has 0 aliphatic carbocycles. The number of thiophene rings is 1. The van der Waals surface area contributed by atoms with Crippen LogP contribution in [0.3, 0.4) is 0 Å². The van der Waals surface area contributed by atoms with Crippen molar-refractivity contribution in [1.82, 2.24) is 4.98 Å². The highest BCUT2D eigenvalue weighted by Gasteiger charge is 2.07. The van der Waals surface area contributed by atoms with Gasteiger partial charge in [0.1, 0.15) is 12.0 Å². The van der Waals surface area contributed by atoms with Crippen molar-refractivity contribution in [1.29, 1.82) is 0 Å². The van der Waals surface area contributed by atoms with Gasteiger partial charge in [-0.05, 0) is 48.6 Å². The van der Waals surface area contributed by atoms with Gasteiger partial charge in [0.25, 0.3) is 0 Å². The molecule has 0 saturated heterocycles. The van der Waals surface area contributed by atoms with Gasteiger partial charge in [-0.2, -0.15) is 0 Å². The second-order valence-corrected chi connectivity index (χ2v) is 6.19. The zero-order valence-corrected chi connectivity index (χ0v) is 16.6. The van der Waals surface area contributed by atoms with E-state index < -0.39 is 0 Å². The normalized spacial score (nSPS) is 11.2. The third-order valence-corrected chi connectivity index (χ3v) is 4.33. The lowest BCUT2D eigenvalue weighted by Gasteiger charge is -2.07. The largest absolute Gasteiger partial charge is 0.443 e. The molecule has 0 atom stereocenters. The maximum atomic E-state index is 5.93. The Balaban J connectivity index is 0.00000208. The number of rotatable bonds is 4. The zero-order chi connectivity index (χ0) is 16.2. The van der Waals surface area contributed by atoms with E-state index in [9.17, 15) is 0 Å². The van der Waals surface area contributed by atoms with Crippen LogP contribution in [0, 0.1) is 13.8 Å². The number of aromatic nitrogens is 1. The number of oxazole rings is 1. The van der Waals surface area contributed by atoms with Gasteiger partial charge in [-0.1, -0.05) is 12.1 Å². The fourth-order valence-corrected chi connectivity index (χ4v) is 2.72. The number of hydrogen-bond donors (Lipinski definition) is 2. The second-order valence-electron chi connectivity index (χ2n) is 5.25. The van der Waals surface area contributed by atoms with Gasteiger partial charge in [0.05, 0.1) is 11.4 Å². The summed E-state index contributed by atoms with van der Waals surface area (Å²) in [6.07, 6.45) is 1.61.